The standard InChI is InChI=1S/C18H22N2.2ClH/c1-3-7-15(8-4-1)18(16-9-5-2-6-10-16)20-17-11-13-19-14-12-17;;/h1-10,17-20H,11-14H2;2*1H. The van der Waals surface area contributed by atoms with E-state index in [4.69, 9.17) is 0 Å². The molecule has 0 bridgehead atoms. The molecular weight excluding hydrogens is 315 g/mol. The monoisotopic (exact) mass is 338 g/mol. The molecule has 2 nitrogen and oxygen atoms in total. The lowest BCUT2D eigenvalue weighted by Crippen LogP contribution is -2.41. The van der Waals surface area contributed by atoms with Gasteiger partial charge in [0.15, 0.2) is 0 Å². The van der Waals surface area contributed by atoms with E-state index < -0.39 is 0 Å². The Hall–Kier alpha value is -1.06. The number of hydrogen-bond donors (Lipinski definition) is 2. The van der Waals surface area contributed by atoms with Crippen LogP contribution in [0.15, 0.2) is 60.7 Å². The van der Waals surface area contributed by atoms with Crippen LogP contribution in [0.2, 0.25) is 0 Å². The minimum Gasteiger partial charge on any atom is -0.317 e. The summed E-state index contributed by atoms with van der Waals surface area (Å²) in [5.41, 5.74) is 2.69. The number of benzene rings is 2. The molecule has 0 radical (unpaired) electrons. The molecule has 120 valence electrons. The highest BCUT2D eigenvalue weighted by Crippen LogP contribution is 2.23. The first-order valence-corrected chi connectivity index (χ1v) is 7.50. The Morgan fingerprint density at radius 1 is 0.773 bits per heavy atom. The van der Waals surface area contributed by atoms with Gasteiger partial charge in [0.05, 0.1) is 6.04 Å². The molecule has 0 aromatic heterocycles. The van der Waals surface area contributed by atoms with Crippen LogP contribution in [0.3, 0.4) is 0 Å². The largest absolute Gasteiger partial charge is 0.317 e. The first-order chi connectivity index (χ1) is 9.93. The van der Waals surface area contributed by atoms with E-state index in [1.165, 1.54) is 24.0 Å². The molecule has 1 aliphatic rings. The number of nitrogens with one attached hydrogen (secondary N) is 2. The molecule has 0 amide bonds. The maximum Gasteiger partial charge on any atom is 0.0578 e. The zero-order valence-electron chi connectivity index (χ0n) is 12.6. The fourth-order valence-corrected chi connectivity index (χ4v) is 2.90. The van der Waals surface area contributed by atoms with Crippen molar-refractivity contribution in [3.63, 3.8) is 0 Å². The van der Waals surface area contributed by atoms with Crippen molar-refractivity contribution in [3.05, 3.63) is 71.8 Å². The zero-order chi connectivity index (χ0) is 13.6. The van der Waals surface area contributed by atoms with Gasteiger partial charge in [-0.25, -0.2) is 0 Å². The molecule has 0 aliphatic carbocycles. The summed E-state index contributed by atoms with van der Waals surface area (Å²) in [6, 6.07) is 22.4. The van der Waals surface area contributed by atoms with E-state index in [9.17, 15) is 0 Å². The van der Waals surface area contributed by atoms with Crippen molar-refractivity contribution in [1.29, 1.82) is 0 Å². The maximum absolute atomic E-state index is 3.85. The Morgan fingerprint density at radius 2 is 1.23 bits per heavy atom. The average Bonchev–Trinajstić information content (AvgIpc) is 2.55. The lowest BCUT2D eigenvalue weighted by Gasteiger charge is -2.29. The van der Waals surface area contributed by atoms with Gasteiger partial charge in [-0.2, -0.15) is 0 Å². The van der Waals surface area contributed by atoms with Crippen molar-refractivity contribution in [2.75, 3.05) is 13.1 Å². The first kappa shape index (κ1) is 19.0. The van der Waals surface area contributed by atoms with Crippen molar-refractivity contribution < 1.29 is 0 Å². The second-order valence-electron chi connectivity index (χ2n) is 5.45. The third-order valence-corrected chi connectivity index (χ3v) is 4.01. The molecule has 0 atom stereocenters. The number of hydrogen-bond acceptors (Lipinski definition) is 2. The third kappa shape index (κ3) is 4.99. The summed E-state index contributed by atoms with van der Waals surface area (Å²) in [5.74, 6) is 0. The first-order valence-electron chi connectivity index (χ1n) is 7.50. The van der Waals surface area contributed by atoms with E-state index in [1.807, 2.05) is 0 Å². The van der Waals surface area contributed by atoms with Crippen LogP contribution in [0.5, 0.6) is 0 Å². The predicted molar refractivity (Wildman–Crippen MR) is 98.3 cm³/mol. The van der Waals surface area contributed by atoms with Gasteiger partial charge < -0.3 is 10.6 Å². The van der Waals surface area contributed by atoms with Gasteiger partial charge >= 0.3 is 0 Å². The molecule has 2 N–H and O–H groups in total. The van der Waals surface area contributed by atoms with Gasteiger partial charge in [0.1, 0.15) is 0 Å². The quantitative estimate of drug-likeness (QED) is 0.881. The van der Waals surface area contributed by atoms with Crippen molar-refractivity contribution in [2.24, 2.45) is 0 Å². The highest BCUT2D eigenvalue weighted by atomic mass is 35.5. The SMILES string of the molecule is Cl.Cl.c1ccc(C(NC2CCNCC2)c2ccccc2)cc1. The van der Waals surface area contributed by atoms with Crippen LogP contribution in [-0.4, -0.2) is 19.1 Å². The van der Waals surface area contributed by atoms with Crippen LogP contribution in [0.1, 0.15) is 30.0 Å². The topological polar surface area (TPSA) is 24.1 Å². The summed E-state index contributed by atoms with van der Waals surface area (Å²) in [6.45, 7) is 2.24. The van der Waals surface area contributed by atoms with E-state index in [0.29, 0.717) is 12.1 Å². The van der Waals surface area contributed by atoms with Crippen LogP contribution in [0, 0.1) is 0 Å². The number of rotatable bonds is 4. The molecule has 0 spiro atoms. The van der Waals surface area contributed by atoms with Crippen LogP contribution in [0.25, 0.3) is 0 Å². The van der Waals surface area contributed by atoms with Crippen LogP contribution in [-0.2, 0) is 0 Å². The van der Waals surface area contributed by atoms with E-state index >= 15 is 0 Å². The fraction of sp³-hybridized carbons (Fsp3) is 0.333. The minimum absolute atomic E-state index is 0. The van der Waals surface area contributed by atoms with Crippen LogP contribution in [0.4, 0.5) is 0 Å². The van der Waals surface area contributed by atoms with Crippen LogP contribution < -0.4 is 10.6 Å². The van der Waals surface area contributed by atoms with Gasteiger partial charge in [0.2, 0.25) is 0 Å². The van der Waals surface area contributed by atoms with Crippen molar-refractivity contribution in [1.82, 2.24) is 10.6 Å². The molecule has 3 rings (SSSR count). The number of piperidine rings is 1. The lowest BCUT2D eigenvalue weighted by molar-refractivity contribution is 0.367. The molecule has 1 saturated heterocycles. The maximum atomic E-state index is 3.85. The van der Waals surface area contributed by atoms with Gasteiger partial charge in [-0.15, -0.1) is 24.8 Å². The summed E-state index contributed by atoms with van der Waals surface area (Å²) < 4.78 is 0. The number of halogens is 2. The molecule has 4 heteroatoms. The van der Waals surface area contributed by atoms with Gasteiger partial charge in [-0.1, -0.05) is 60.7 Å². The molecule has 2 aromatic rings. The Bertz CT molecular complexity index is 474. The van der Waals surface area contributed by atoms with Crippen molar-refractivity contribution in [3.8, 4) is 0 Å². The van der Waals surface area contributed by atoms with Crippen LogP contribution >= 0.6 is 24.8 Å². The molecule has 0 unspecified atom stereocenters. The predicted octanol–water partition coefficient (Wildman–Crippen LogP) is 3.96. The molecule has 2 aromatic carbocycles. The molecule has 1 heterocycles. The molecule has 0 saturated carbocycles. The molecule has 1 fully saturated rings. The Labute approximate surface area is 145 Å². The Kier molecular flexibility index (Phi) is 8.51. The second-order valence-corrected chi connectivity index (χ2v) is 5.45. The summed E-state index contributed by atoms with van der Waals surface area (Å²) in [6.07, 6.45) is 2.41. The zero-order valence-corrected chi connectivity index (χ0v) is 14.2. The summed E-state index contributed by atoms with van der Waals surface area (Å²) in [7, 11) is 0. The van der Waals surface area contributed by atoms with E-state index in [1.54, 1.807) is 0 Å². The highest BCUT2D eigenvalue weighted by molar-refractivity contribution is 5.85. The summed E-state index contributed by atoms with van der Waals surface area (Å²) in [4.78, 5) is 0. The summed E-state index contributed by atoms with van der Waals surface area (Å²) in [5, 5.41) is 7.28. The smallest absolute Gasteiger partial charge is 0.0578 e. The van der Waals surface area contributed by atoms with E-state index in [0.717, 1.165) is 13.1 Å². The normalized spacial score (nSPS) is 15.0. The molecular formula is C18H24Cl2N2. The second kappa shape index (κ2) is 9.86. The van der Waals surface area contributed by atoms with Crippen molar-refractivity contribution >= 4 is 24.8 Å². The van der Waals surface area contributed by atoms with Gasteiger partial charge in [-0.3, -0.25) is 0 Å². The van der Waals surface area contributed by atoms with E-state index in [-0.39, 0.29) is 24.8 Å². The van der Waals surface area contributed by atoms with E-state index in [2.05, 4.69) is 71.3 Å². The highest BCUT2D eigenvalue weighted by Gasteiger charge is 2.20. The van der Waals surface area contributed by atoms with Gasteiger partial charge in [-0.05, 0) is 37.1 Å². The minimum atomic E-state index is 0. The Balaban J connectivity index is 0.00000121. The molecule has 1 aliphatic heterocycles. The summed E-state index contributed by atoms with van der Waals surface area (Å²) >= 11 is 0. The third-order valence-electron chi connectivity index (χ3n) is 4.01. The van der Waals surface area contributed by atoms with Gasteiger partial charge in [0.25, 0.3) is 0 Å². The molecule has 22 heavy (non-hydrogen) atoms. The van der Waals surface area contributed by atoms with Crippen molar-refractivity contribution in [2.45, 2.75) is 24.9 Å². The average molecular weight is 339 g/mol. The Morgan fingerprint density at radius 3 is 1.68 bits per heavy atom. The fourth-order valence-electron chi connectivity index (χ4n) is 2.90. The lowest BCUT2D eigenvalue weighted by atomic mass is 9.96. The van der Waals surface area contributed by atoms with Gasteiger partial charge in [0, 0.05) is 6.04 Å².